The molecule has 0 heterocycles. The van der Waals surface area contributed by atoms with Gasteiger partial charge in [-0.05, 0) is 33.7 Å². The molecule has 0 fully saturated rings. The second-order valence-corrected chi connectivity index (χ2v) is 4.23. The first-order valence-corrected chi connectivity index (χ1v) is 5.79. The molecule has 17 heavy (non-hydrogen) atoms. The fourth-order valence-electron chi connectivity index (χ4n) is 2.31. The number of benzene rings is 2. The minimum atomic E-state index is 0.0334. The molecule has 0 aliphatic heterocycles. The number of rotatable bonds is 1. The van der Waals surface area contributed by atoms with Gasteiger partial charge in [-0.25, -0.2) is 0 Å². The molecular formula is C16H14O. The van der Waals surface area contributed by atoms with Gasteiger partial charge in [0.05, 0.1) is 0 Å². The van der Waals surface area contributed by atoms with Gasteiger partial charge in [0, 0.05) is 7.11 Å². The maximum absolute atomic E-state index is 5.58. The van der Waals surface area contributed by atoms with E-state index in [-0.39, 0.29) is 6.10 Å². The van der Waals surface area contributed by atoms with Crippen molar-refractivity contribution in [3.63, 3.8) is 0 Å². The van der Waals surface area contributed by atoms with Crippen molar-refractivity contribution in [2.75, 3.05) is 7.11 Å². The molecule has 2 aromatic carbocycles. The Labute approximate surface area is 101 Å². The zero-order chi connectivity index (χ0) is 11.7. The molecule has 0 saturated carbocycles. The lowest BCUT2D eigenvalue weighted by Crippen LogP contribution is -2.23. The van der Waals surface area contributed by atoms with Gasteiger partial charge < -0.3 is 4.74 Å². The summed E-state index contributed by atoms with van der Waals surface area (Å²) >= 11 is 0. The van der Waals surface area contributed by atoms with Crippen LogP contribution in [0.1, 0.15) is 17.2 Å². The molecule has 84 valence electrons. The van der Waals surface area contributed by atoms with Crippen LogP contribution >= 0.6 is 0 Å². The zero-order valence-electron chi connectivity index (χ0n) is 9.76. The Morgan fingerprint density at radius 1 is 0.882 bits per heavy atom. The molecular weight excluding hydrogens is 208 g/mol. The summed E-state index contributed by atoms with van der Waals surface area (Å²) in [5.74, 6) is 0. The topological polar surface area (TPSA) is 9.23 Å². The van der Waals surface area contributed by atoms with E-state index in [4.69, 9.17) is 4.74 Å². The predicted octanol–water partition coefficient (Wildman–Crippen LogP) is 2.00. The van der Waals surface area contributed by atoms with Gasteiger partial charge in [-0.2, -0.15) is 0 Å². The van der Waals surface area contributed by atoms with Crippen LogP contribution in [0, 0.1) is 0 Å². The molecule has 1 atom stereocenters. The van der Waals surface area contributed by atoms with E-state index in [1.165, 1.54) is 21.6 Å². The second-order valence-electron chi connectivity index (χ2n) is 4.23. The van der Waals surface area contributed by atoms with Crippen LogP contribution in [-0.4, -0.2) is 7.11 Å². The van der Waals surface area contributed by atoms with E-state index in [9.17, 15) is 0 Å². The van der Waals surface area contributed by atoms with Crippen molar-refractivity contribution in [3.05, 3.63) is 70.1 Å². The van der Waals surface area contributed by atoms with Crippen molar-refractivity contribution in [3.8, 4) is 0 Å². The standard InChI is InChI=1S/C16H14O/c1-17-16-11-13-7-3-2-6-12(13)10-14-8-4-5-9-15(14)16/h2-11,16H,1H3. The van der Waals surface area contributed by atoms with Crippen molar-refractivity contribution in [2.45, 2.75) is 6.10 Å². The van der Waals surface area contributed by atoms with Gasteiger partial charge in [0.15, 0.2) is 0 Å². The van der Waals surface area contributed by atoms with Crippen LogP contribution in [0.4, 0.5) is 0 Å². The average Bonchev–Trinajstić information content (AvgIpc) is 2.54. The van der Waals surface area contributed by atoms with E-state index >= 15 is 0 Å². The first kappa shape index (κ1) is 10.3. The fourth-order valence-corrected chi connectivity index (χ4v) is 2.31. The van der Waals surface area contributed by atoms with E-state index < -0.39 is 0 Å². The monoisotopic (exact) mass is 222 g/mol. The minimum absolute atomic E-state index is 0.0334. The molecule has 0 radical (unpaired) electrons. The molecule has 2 aromatic rings. The van der Waals surface area contributed by atoms with Gasteiger partial charge in [0.1, 0.15) is 6.10 Å². The molecule has 0 amide bonds. The summed E-state index contributed by atoms with van der Waals surface area (Å²) in [4.78, 5) is 0. The average molecular weight is 222 g/mol. The number of fused-ring (bicyclic) bond motifs is 2. The quantitative estimate of drug-likeness (QED) is 0.717. The molecule has 1 aliphatic rings. The molecule has 1 nitrogen and oxygen atoms in total. The molecule has 0 N–H and O–H groups in total. The Morgan fingerprint density at radius 3 is 2.41 bits per heavy atom. The van der Waals surface area contributed by atoms with E-state index in [0.717, 1.165) is 0 Å². The number of hydrogen-bond acceptors (Lipinski definition) is 1. The first-order chi connectivity index (χ1) is 8.38. The number of hydrogen-bond donors (Lipinski definition) is 0. The molecule has 1 heteroatoms. The normalized spacial score (nSPS) is 17.1. The highest BCUT2D eigenvalue weighted by atomic mass is 16.5. The van der Waals surface area contributed by atoms with Gasteiger partial charge >= 0.3 is 0 Å². The molecule has 3 rings (SSSR count). The highest BCUT2D eigenvalue weighted by Crippen LogP contribution is 2.23. The fraction of sp³-hybridized carbons (Fsp3) is 0.125. The Balaban J connectivity index is 2.36. The summed E-state index contributed by atoms with van der Waals surface area (Å²) in [5, 5.41) is 2.48. The van der Waals surface area contributed by atoms with E-state index in [0.29, 0.717) is 0 Å². The lowest BCUT2D eigenvalue weighted by Gasteiger charge is -2.12. The summed E-state index contributed by atoms with van der Waals surface area (Å²) in [7, 11) is 1.76. The maximum Gasteiger partial charge on any atom is 0.102 e. The summed E-state index contributed by atoms with van der Waals surface area (Å²) in [6.45, 7) is 0. The van der Waals surface area contributed by atoms with Gasteiger partial charge in [0.25, 0.3) is 0 Å². The maximum atomic E-state index is 5.58. The molecule has 0 saturated heterocycles. The van der Waals surface area contributed by atoms with Crippen LogP contribution in [0.15, 0.2) is 48.5 Å². The van der Waals surface area contributed by atoms with Crippen LogP contribution in [0.2, 0.25) is 0 Å². The van der Waals surface area contributed by atoms with Crippen LogP contribution in [0.5, 0.6) is 0 Å². The molecule has 1 unspecified atom stereocenters. The summed E-state index contributed by atoms with van der Waals surface area (Å²) in [6.07, 6.45) is 4.43. The van der Waals surface area contributed by atoms with Gasteiger partial charge in [-0.1, -0.05) is 48.5 Å². The Kier molecular flexibility index (Phi) is 2.54. The molecule has 0 aromatic heterocycles. The van der Waals surface area contributed by atoms with Crippen molar-refractivity contribution >= 4 is 12.2 Å². The van der Waals surface area contributed by atoms with Gasteiger partial charge in [-0.3, -0.25) is 0 Å². The Hall–Kier alpha value is -1.86. The summed E-state index contributed by atoms with van der Waals surface area (Å²) in [5.41, 5.74) is 2.46. The van der Waals surface area contributed by atoms with Crippen molar-refractivity contribution in [2.24, 2.45) is 0 Å². The number of methoxy groups -OCH3 is 1. The molecule has 0 bridgehead atoms. The number of ether oxygens (including phenoxy) is 1. The lowest BCUT2D eigenvalue weighted by molar-refractivity contribution is 0.155. The van der Waals surface area contributed by atoms with E-state index in [2.05, 4.69) is 60.7 Å². The van der Waals surface area contributed by atoms with Gasteiger partial charge in [0.2, 0.25) is 0 Å². The summed E-state index contributed by atoms with van der Waals surface area (Å²) < 4.78 is 5.58. The summed E-state index contributed by atoms with van der Waals surface area (Å²) in [6, 6.07) is 16.8. The minimum Gasteiger partial charge on any atom is -0.373 e. The zero-order valence-corrected chi connectivity index (χ0v) is 9.76. The smallest absolute Gasteiger partial charge is 0.102 e. The predicted molar refractivity (Wildman–Crippen MR) is 69.9 cm³/mol. The first-order valence-electron chi connectivity index (χ1n) is 5.79. The van der Waals surface area contributed by atoms with Crippen LogP contribution in [0.25, 0.3) is 12.2 Å². The van der Waals surface area contributed by atoms with Crippen molar-refractivity contribution in [1.82, 2.24) is 0 Å². The largest absolute Gasteiger partial charge is 0.373 e. The van der Waals surface area contributed by atoms with Crippen molar-refractivity contribution < 1.29 is 4.74 Å². The third-order valence-corrected chi connectivity index (χ3v) is 3.19. The van der Waals surface area contributed by atoms with Crippen LogP contribution < -0.4 is 10.4 Å². The second kappa shape index (κ2) is 4.19. The van der Waals surface area contributed by atoms with Gasteiger partial charge in [-0.15, -0.1) is 0 Å². The third-order valence-electron chi connectivity index (χ3n) is 3.19. The Morgan fingerprint density at radius 2 is 1.59 bits per heavy atom. The van der Waals surface area contributed by atoms with E-state index in [1.54, 1.807) is 7.11 Å². The molecule has 1 aliphatic carbocycles. The van der Waals surface area contributed by atoms with Crippen molar-refractivity contribution in [1.29, 1.82) is 0 Å². The SMILES string of the molecule is COC1C=c2ccccc2=Cc2ccccc21. The highest BCUT2D eigenvalue weighted by Gasteiger charge is 2.12. The Bertz CT molecular complexity index is 655. The third kappa shape index (κ3) is 1.79. The van der Waals surface area contributed by atoms with E-state index in [1.807, 2.05) is 0 Å². The van der Waals surface area contributed by atoms with Crippen LogP contribution in [0.3, 0.4) is 0 Å². The highest BCUT2D eigenvalue weighted by molar-refractivity contribution is 5.60. The van der Waals surface area contributed by atoms with Crippen LogP contribution in [-0.2, 0) is 4.74 Å². The molecule has 0 spiro atoms. The lowest BCUT2D eigenvalue weighted by atomic mass is 10.0.